The van der Waals surface area contributed by atoms with Gasteiger partial charge in [-0.2, -0.15) is 9.97 Å². The Kier molecular flexibility index (Phi) is 6.54. The van der Waals surface area contributed by atoms with E-state index in [4.69, 9.17) is 31.9 Å². The van der Waals surface area contributed by atoms with Gasteiger partial charge in [-0.05, 0) is 11.6 Å². The fraction of sp³-hybridized carbons (Fsp3) is 0.389. The normalized spacial score (nSPS) is 20.3. The van der Waals surface area contributed by atoms with Crippen LogP contribution in [0, 0.1) is 0 Å². The topological polar surface area (TPSA) is 213 Å². The minimum absolute atomic E-state index is 0.0205. The molecule has 0 aliphatic carbocycles. The van der Waals surface area contributed by atoms with Gasteiger partial charge in [-0.3, -0.25) is 4.57 Å². The first-order valence-electron chi connectivity index (χ1n) is 9.75. The number of thiazole rings is 1. The van der Waals surface area contributed by atoms with Crippen molar-refractivity contribution in [1.82, 2.24) is 24.5 Å². The van der Waals surface area contributed by atoms with Gasteiger partial charge in [0.15, 0.2) is 17.7 Å². The number of rotatable bonds is 9. The van der Waals surface area contributed by atoms with Gasteiger partial charge in [-0.25, -0.2) is 28.7 Å². The summed E-state index contributed by atoms with van der Waals surface area (Å²) >= 11 is 6.53. The van der Waals surface area contributed by atoms with Crippen LogP contribution in [0.4, 0.5) is 10.2 Å². The van der Waals surface area contributed by atoms with E-state index in [-0.39, 0.29) is 39.4 Å². The molecule has 3 atom stereocenters. The number of aromatic nitrogens is 5. The standard InChI is InChI=1S/C18H16ClFN6O8S/c19-17-24-10(21)9-11(25-17)26(5-22-9)13-8(20)1-7(34-13)3-33-18(15(29)30,16(31)32)2-6-4-35-12(23-6)14(27)28/h4-5,7-8,13H,1-3H2,(H,27,28)(H,29,30)(H,31,32)(H2,21,24,25)/t7-,8-,13+/m0/s1. The van der Waals surface area contributed by atoms with Crippen LogP contribution in [0.2, 0.25) is 5.28 Å². The van der Waals surface area contributed by atoms with Crippen LogP contribution in [0.5, 0.6) is 0 Å². The third-order valence-corrected chi connectivity index (χ3v) is 6.24. The molecular weight excluding hydrogens is 515 g/mol. The number of alkyl halides is 1. The highest BCUT2D eigenvalue weighted by Gasteiger charge is 2.50. The third-order valence-electron chi connectivity index (χ3n) is 5.20. The molecular formula is C18H16ClFN6O8S. The number of nitrogen functional groups attached to an aromatic ring is 1. The molecule has 0 aromatic carbocycles. The van der Waals surface area contributed by atoms with Crippen LogP contribution in [0.3, 0.4) is 0 Å². The number of halogens is 2. The van der Waals surface area contributed by atoms with Crippen molar-refractivity contribution >= 4 is 57.8 Å². The number of aliphatic carboxylic acids is 2. The summed E-state index contributed by atoms with van der Waals surface area (Å²) in [5, 5.41) is 29.0. The number of anilines is 1. The van der Waals surface area contributed by atoms with E-state index in [1.165, 1.54) is 16.3 Å². The van der Waals surface area contributed by atoms with Gasteiger partial charge in [0.25, 0.3) is 5.60 Å². The van der Waals surface area contributed by atoms with Gasteiger partial charge in [0.05, 0.1) is 24.7 Å². The molecule has 17 heteroatoms. The average Bonchev–Trinajstić information content (AvgIpc) is 3.49. The van der Waals surface area contributed by atoms with Crippen LogP contribution >= 0.6 is 22.9 Å². The summed E-state index contributed by atoms with van der Waals surface area (Å²) in [5.41, 5.74) is 3.11. The van der Waals surface area contributed by atoms with Crippen molar-refractivity contribution in [3.63, 3.8) is 0 Å². The summed E-state index contributed by atoms with van der Waals surface area (Å²) < 4.78 is 27.0. The lowest BCUT2D eigenvalue weighted by Gasteiger charge is -2.26. The minimum atomic E-state index is -2.81. The van der Waals surface area contributed by atoms with E-state index in [0.29, 0.717) is 11.3 Å². The maximum Gasteiger partial charge on any atom is 0.365 e. The number of aromatic carboxylic acids is 1. The lowest BCUT2D eigenvalue weighted by Crippen LogP contribution is -2.52. The van der Waals surface area contributed by atoms with E-state index in [0.717, 1.165) is 0 Å². The molecule has 14 nitrogen and oxygen atoms in total. The molecule has 0 bridgehead atoms. The zero-order valence-electron chi connectivity index (χ0n) is 17.4. The van der Waals surface area contributed by atoms with Gasteiger partial charge in [0.2, 0.25) is 10.3 Å². The summed E-state index contributed by atoms with van der Waals surface area (Å²) in [7, 11) is 0. The summed E-state index contributed by atoms with van der Waals surface area (Å²) in [6, 6.07) is 0. The Balaban J connectivity index is 1.52. The quantitative estimate of drug-likeness (QED) is 0.225. The number of imidazole rings is 1. The molecule has 0 saturated carbocycles. The van der Waals surface area contributed by atoms with Gasteiger partial charge in [-0.15, -0.1) is 11.3 Å². The van der Waals surface area contributed by atoms with E-state index in [1.807, 2.05) is 0 Å². The van der Waals surface area contributed by atoms with E-state index >= 15 is 0 Å². The molecule has 4 rings (SSSR count). The molecule has 0 amide bonds. The molecule has 1 saturated heterocycles. The number of ether oxygens (including phenoxy) is 2. The van der Waals surface area contributed by atoms with E-state index in [2.05, 4.69) is 19.9 Å². The second kappa shape index (κ2) is 9.29. The first kappa shape index (κ1) is 24.6. The molecule has 4 heterocycles. The van der Waals surface area contributed by atoms with Crippen molar-refractivity contribution in [3.8, 4) is 0 Å². The number of nitrogens with two attached hydrogens (primary N) is 1. The fourth-order valence-electron chi connectivity index (χ4n) is 3.54. The Morgan fingerprint density at radius 1 is 1.29 bits per heavy atom. The van der Waals surface area contributed by atoms with Crippen molar-refractivity contribution in [1.29, 1.82) is 0 Å². The molecule has 0 spiro atoms. The number of carboxylic acid groups (broad SMARTS) is 3. The zero-order valence-corrected chi connectivity index (χ0v) is 18.9. The highest BCUT2D eigenvalue weighted by molar-refractivity contribution is 7.11. The molecule has 35 heavy (non-hydrogen) atoms. The Hall–Kier alpha value is -3.47. The smallest absolute Gasteiger partial charge is 0.365 e. The maximum absolute atomic E-state index is 14.9. The second-order valence-electron chi connectivity index (χ2n) is 7.48. The number of hydrogen-bond acceptors (Lipinski definition) is 11. The summed E-state index contributed by atoms with van der Waals surface area (Å²) in [4.78, 5) is 50.4. The number of carbonyl (C=O) groups is 3. The Morgan fingerprint density at radius 2 is 2.00 bits per heavy atom. The highest BCUT2D eigenvalue weighted by Crippen LogP contribution is 2.35. The van der Waals surface area contributed by atoms with Crippen LogP contribution in [0.15, 0.2) is 11.7 Å². The largest absolute Gasteiger partial charge is 0.479 e. The minimum Gasteiger partial charge on any atom is -0.479 e. The maximum atomic E-state index is 14.9. The number of hydrogen-bond donors (Lipinski definition) is 4. The number of carboxylic acids is 3. The Morgan fingerprint density at radius 3 is 2.63 bits per heavy atom. The van der Waals surface area contributed by atoms with Gasteiger partial charge >= 0.3 is 17.9 Å². The monoisotopic (exact) mass is 530 g/mol. The highest BCUT2D eigenvalue weighted by atomic mass is 35.5. The second-order valence-corrected chi connectivity index (χ2v) is 8.67. The first-order chi connectivity index (χ1) is 16.5. The fourth-order valence-corrected chi connectivity index (χ4v) is 4.37. The molecule has 5 N–H and O–H groups in total. The lowest BCUT2D eigenvalue weighted by molar-refractivity contribution is -0.188. The van der Waals surface area contributed by atoms with E-state index < -0.39 is 55.0 Å². The first-order valence-corrected chi connectivity index (χ1v) is 11.0. The molecule has 1 aliphatic heterocycles. The van der Waals surface area contributed by atoms with Crippen molar-refractivity contribution in [3.05, 3.63) is 27.7 Å². The number of nitrogens with zero attached hydrogens (tertiary/aromatic N) is 5. The predicted molar refractivity (Wildman–Crippen MR) is 115 cm³/mol. The molecule has 3 aromatic rings. The van der Waals surface area contributed by atoms with Crippen LogP contribution in [0.25, 0.3) is 11.2 Å². The van der Waals surface area contributed by atoms with Crippen molar-refractivity contribution in [2.24, 2.45) is 0 Å². The molecule has 186 valence electrons. The van der Waals surface area contributed by atoms with Gasteiger partial charge in [-0.1, -0.05) is 0 Å². The molecule has 1 fully saturated rings. The van der Waals surface area contributed by atoms with Gasteiger partial charge in [0.1, 0.15) is 11.7 Å². The predicted octanol–water partition coefficient (Wildman–Crippen LogP) is 1.01. The van der Waals surface area contributed by atoms with E-state index in [9.17, 15) is 29.0 Å². The van der Waals surface area contributed by atoms with Gasteiger partial charge in [0, 0.05) is 18.2 Å². The Labute approximate surface area is 203 Å². The summed E-state index contributed by atoms with van der Waals surface area (Å²) in [5.74, 6) is -5.06. The zero-order chi connectivity index (χ0) is 25.5. The summed E-state index contributed by atoms with van der Waals surface area (Å²) in [6.45, 7) is -0.601. The SMILES string of the molecule is Nc1nc(Cl)nc2c1ncn2[C@@H]1O[C@H](COC(Cc2csc(C(=O)O)n2)(C(=O)O)C(=O)O)C[C@@H]1F. The van der Waals surface area contributed by atoms with E-state index in [1.54, 1.807) is 0 Å². The van der Waals surface area contributed by atoms with Crippen LogP contribution in [-0.4, -0.2) is 82.2 Å². The van der Waals surface area contributed by atoms with Crippen LogP contribution < -0.4 is 5.73 Å². The lowest BCUT2D eigenvalue weighted by atomic mass is 9.98. The summed E-state index contributed by atoms with van der Waals surface area (Å²) in [6.07, 6.45) is -3.69. The van der Waals surface area contributed by atoms with Crippen LogP contribution in [-0.2, 0) is 25.5 Å². The van der Waals surface area contributed by atoms with Gasteiger partial charge < -0.3 is 30.5 Å². The van der Waals surface area contributed by atoms with Crippen LogP contribution in [0.1, 0.15) is 28.1 Å². The average molecular weight is 531 g/mol. The van der Waals surface area contributed by atoms with Crippen molar-refractivity contribution in [2.75, 3.05) is 12.3 Å². The number of fused-ring (bicyclic) bond motifs is 1. The molecule has 0 unspecified atom stereocenters. The molecule has 3 aromatic heterocycles. The molecule has 0 radical (unpaired) electrons. The Bertz CT molecular complexity index is 1300. The third kappa shape index (κ3) is 4.60. The molecule has 1 aliphatic rings. The van der Waals surface area contributed by atoms with Crippen molar-refractivity contribution in [2.45, 2.75) is 36.9 Å². The van der Waals surface area contributed by atoms with Crippen molar-refractivity contribution < 1.29 is 43.6 Å².